The number of carbonyl (C=O) groups is 1. The van der Waals surface area contributed by atoms with Gasteiger partial charge in [-0.15, -0.1) is 0 Å². The Balaban J connectivity index is 1.48. The highest BCUT2D eigenvalue weighted by Crippen LogP contribution is 2.22. The second kappa shape index (κ2) is 7.99. The quantitative estimate of drug-likeness (QED) is 0.872. The number of benzene rings is 1. The van der Waals surface area contributed by atoms with Gasteiger partial charge < -0.3 is 10.2 Å². The Bertz CT molecular complexity index is 693. The Morgan fingerprint density at radius 3 is 2.88 bits per heavy atom. The predicted molar refractivity (Wildman–Crippen MR) is 97.3 cm³/mol. The third-order valence-electron chi connectivity index (χ3n) is 4.89. The first-order valence-corrected chi connectivity index (χ1v) is 9.11. The normalized spacial score (nSPS) is 16.0. The van der Waals surface area contributed by atoms with Crippen molar-refractivity contribution in [2.45, 2.75) is 44.7 Å². The van der Waals surface area contributed by atoms with Crippen LogP contribution in [0.2, 0.25) is 5.15 Å². The van der Waals surface area contributed by atoms with Crippen molar-refractivity contribution in [2.75, 3.05) is 20.1 Å². The van der Waals surface area contributed by atoms with E-state index in [1.807, 2.05) is 24.3 Å². The van der Waals surface area contributed by atoms with Crippen LogP contribution < -0.4 is 5.32 Å². The molecule has 6 heteroatoms. The van der Waals surface area contributed by atoms with E-state index in [4.69, 9.17) is 11.6 Å². The van der Waals surface area contributed by atoms with E-state index in [2.05, 4.69) is 22.4 Å². The number of halogens is 1. The third-order valence-corrected chi connectivity index (χ3v) is 5.17. The van der Waals surface area contributed by atoms with Crippen LogP contribution in [-0.2, 0) is 11.3 Å². The minimum Gasteiger partial charge on any atom is -0.353 e. The average molecular weight is 349 g/mol. The molecule has 1 amide bonds. The van der Waals surface area contributed by atoms with E-state index in [1.165, 1.54) is 32.1 Å². The topological polar surface area (TPSA) is 50.2 Å². The molecule has 0 unspecified atom stereocenters. The van der Waals surface area contributed by atoms with Gasteiger partial charge in [0.05, 0.1) is 5.52 Å². The van der Waals surface area contributed by atoms with E-state index in [1.54, 1.807) is 4.68 Å². The fourth-order valence-corrected chi connectivity index (χ4v) is 3.73. The zero-order chi connectivity index (χ0) is 16.9. The molecule has 0 atom stereocenters. The molecule has 0 saturated heterocycles. The molecule has 2 aromatic rings. The summed E-state index contributed by atoms with van der Waals surface area (Å²) in [5, 5.41) is 8.57. The molecule has 1 aromatic carbocycles. The second-order valence-electron chi connectivity index (χ2n) is 6.59. The molecule has 1 aromatic heterocycles. The monoisotopic (exact) mass is 348 g/mol. The zero-order valence-corrected chi connectivity index (χ0v) is 14.9. The number of carbonyl (C=O) groups excluding carboxylic acids is 1. The van der Waals surface area contributed by atoms with Crippen LogP contribution in [0.5, 0.6) is 0 Å². The maximum Gasteiger partial charge on any atom is 0.241 e. The number of hydrogen-bond donors (Lipinski definition) is 1. The van der Waals surface area contributed by atoms with Gasteiger partial charge in [0.15, 0.2) is 5.15 Å². The van der Waals surface area contributed by atoms with Crippen LogP contribution in [0.4, 0.5) is 0 Å². The van der Waals surface area contributed by atoms with E-state index in [0.717, 1.165) is 17.4 Å². The maximum atomic E-state index is 12.2. The van der Waals surface area contributed by atoms with Gasteiger partial charge in [-0.1, -0.05) is 43.0 Å². The lowest BCUT2D eigenvalue weighted by Gasteiger charge is -2.31. The summed E-state index contributed by atoms with van der Waals surface area (Å²) in [6.07, 6.45) is 6.58. The molecule has 1 fully saturated rings. The first kappa shape index (κ1) is 17.2. The van der Waals surface area contributed by atoms with E-state index >= 15 is 0 Å². The Labute approximate surface area is 148 Å². The van der Waals surface area contributed by atoms with Gasteiger partial charge in [0.1, 0.15) is 6.54 Å². The molecule has 0 bridgehead atoms. The summed E-state index contributed by atoms with van der Waals surface area (Å²) in [5.41, 5.74) is 0.886. The van der Waals surface area contributed by atoms with E-state index < -0.39 is 0 Å². The summed E-state index contributed by atoms with van der Waals surface area (Å²) in [6, 6.07) is 8.36. The Hall–Kier alpha value is -1.59. The van der Waals surface area contributed by atoms with Crippen LogP contribution in [0.25, 0.3) is 10.9 Å². The summed E-state index contributed by atoms with van der Waals surface area (Å²) in [7, 11) is 2.16. The predicted octanol–water partition coefficient (Wildman–Crippen LogP) is 3.07. The summed E-state index contributed by atoms with van der Waals surface area (Å²) < 4.78 is 1.66. The van der Waals surface area contributed by atoms with Crippen LogP contribution in [-0.4, -0.2) is 46.8 Å². The summed E-state index contributed by atoms with van der Waals surface area (Å²) in [5.74, 6) is -0.0306. The van der Waals surface area contributed by atoms with Crippen LogP contribution >= 0.6 is 11.6 Å². The zero-order valence-electron chi connectivity index (χ0n) is 14.2. The van der Waals surface area contributed by atoms with Crippen molar-refractivity contribution in [3.05, 3.63) is 29.4 Å². The van der Waals surface area contributed by atoms with Crippen LogP contribution in [0.1, 0.15) is 32.1 Å². The standard InChI is InChI=1S/C18H25ClN4O/c1-22(14-7-3-2-4-8-14)12-11-20-17(24)13-23-16-10-6-5-9-15(16)18(19)21-23/h5-6,9-10,14H,2-4,7-8,11-13H2,1H3,(H,20,24). The Kier molecular flexibility index (Phi) is 5.74. The summed E-state index contributed by atoms with van der Waals surface area (Å²) in [6.45, 7) is 1.75. The fourth-order valence-electron chi connectivity index (χ4n) is 3.48. The molecule has 130 valence electrons. The molecule has 1 aliphatic carbocycles. The molecule has 0 spiro atoms. The van der Waals surface area contributed by atoms with E-state index in [9.17, 15) is 4.79 Å². The van der Waals surface area contributed by atoms with Gasteiger partial charge in [0.2, 0.25) is 5.91 Å². The van der Waals surface area contributed by atoms with E-state index in [-0.39, 0.29) is 12.5 Å². The van der Waals surface area contributed by atoms with Crippen molar-refractivity contribution in [3.8, 4) is 0 Å². The fraction of sp³-hybridized carbons (Fsp3) is 0.556. The van der Waals surface area contributed by atoms with Crippen LogP contribution in [0, 0.1) is 0 Å². The molecule has 24 heavy (non-hydrogen) atoms. The number of likely N-dealkylation sites (N-methyl/N-ethyl adjacent to an activating group) is 1. The van der Waals surface area contributed by atoms with Crippen molar-refractivity contribution in [3.63, 3.8) is 0 Å². The number of fused-ring (bicyclic) bond motifs is 1. The lowest BCUT2D eigenvalue weighted by Crippen LogP contribution is -2.40. The Morgan fingerprint density at radius 1 is 1.33 bits per heavy atom. The molecular weight excluding hydrogens is 324 g/mol. The maximum absolute atomic E-state index is 12.2. The number of nitrogens with zero attached hydrogens (tertiary/aromatic N) is 3. The highest BCUT2D eigenvalue weighted by atomic mass is 35.5. The van der Waals surface area contributed by atoms with Crippen molar-refractivity contribution >= 4 is 28.4 Å². The smallest absolute Gasteiger partial charge is 0.241 e. The highest BCUT2D eigenvalue weighted by Gasteiger charge is 2.17. The molecule has 1 heterocycles. The lowest BCUT2D eigenvalue weighted by molar-refractivity contribution is -0.121. The average Bonchev–Trinajstić information content (AvgIpc) is 2.92. The van der Waals surface area contributed by atoms with Crippen molar-refractivity contribution in [2.24, 2.45) is 0 Å². The van der Waals surface area contributed by atoms with Crippen LogP contribution in [0.15, 0.2) is 24.3 Å². The summed E-state index contributed by atoms with van der Waals surface area (Å²) in [4.78, 5) is 14.6. The number of hydrogen-bond acceptors (Lipinski definition) is 3. The SMILES string of the molecule is CN(CCNC(=O)Cn1nc(Cl)c2ccccc21)C1CCCCC1. The van der Waals surface area contributed by atoms with Gasteiger partial charge in [-0.05, 0) is 32.0 Å². The summed E-state index contributed by atoms with van der Waals surface area (Å²) >= 11 is 6.12. The largest absolute Gasteiger partial charge is 0.353 e. The number of rotatable bonds is 6. The highest BCUT2D eigenvalue weighted by molar-refractivity contribution is 6.34. The number of amides is 1. The van der Waals surface area contributed by atoms with Gasteiger partial charge >= 0.3 is 0 Å². The molecule has 0 radical (unpaired) electrons. The van der Waals surface area contributed by atoms with Crippen molar-refractivity contribution in [1.82, 2.24) is 20.0 Å². The first-order valence-electron chi connectivity index (χ1n) is 8.73. The van der Waals surface area contributed by atoms with Crippen molar-refractivity contribution in [1.29, 1.82) is 0 Å². The van der Waals surface area contributed by atoms with Gasteiger partial charge in [-0.2, -0.15) is 5.10 Å². The molecule has 0 aliphatic heterocycles. The number of nitrogens with one attached hydrogen (secondary N) is 1. The lowest BCUT2D eigenvalue weighted by atomic mass is 9.94. The second-order valence-corrected chi connectivity index (χ2v) is 6.95. The minimum atomic E-state index is -0.0306. The first-order chi connectivity index (χ1) is 11.6. The van der Waals surface area contributed by atoms with Gasteiger partial charge in [0.25, 0.3) is 0 Å². The molecule has 1 aliphatic rings. The minimum absolute atomic E-state index is 0.0306. The molecule has 1 saturated carbocycles. The molecular formula is C18H25ClN4O. The molecule has 1 N–H and O–H groups in total. The van der Waals surface area contributed by atoms with Gasteiger partial charge in [-0.3, -0.25) is 9.48 Å². The van der Waals surface area contributed by atoms with Crippen molar-refractivity contribution < 1.29 is 4.79 Å². The van der Waals surface area contributed by atoms with E-state index in [0.29, 0.717) is 17.7 Å². The van der Waals surface area contributed by atoms with Crippen LogP contribution in [0.3, 0.4) is 0 Å². The number of aromatic nitrogens is 2. The molecule has 5 nitrogen and oxygen atoms in total. The Morgan fingerprint density at radius 2 is 2.08 bits per heavy atom. The van der Waals surface area contributed by atoms with Gasteiger partial charge in [0, 0.05) is 24.5 Å². The molecule has 3 rings (SSSR count). The van der Waals surface area contributed by atoms with Gasteiger partial charge in [-0.25, -0.2) is 0 Å². The third kappa shape index (κ3) is 4.08. The number of para-hydroxylation sites is 1.